The van der Waals surface area contributed by atoms with E-state index in [9.17, 15) is 18.1 Å². The summed E-state index contributed by atoms with van der Waals surface area (Å²) in [7, 11) is -4.14. The number of hydrogen-bond acceptors (Lipinski definition) is 4. The zero-order valence-corrected chi connectivity index (χ0v) is 24.3. The summed E-state index contributed by atoms with van der Waals surface area (Å²) in [5, 5.41) is 8.55. The molecule has 0 aromatic carbocycles. The van der Waals surface area contributed by atoms with Crippen LogP contribution in [0.5, 0.6) is 0 Å². The van der Waals surface area contributed by atoms with E-state index in [-0.39, 0.29) is 57.5 Å². The van der Waals surface area contributed by atoms with Crippen molar-refractivity contribution in [3.05, 3.63) is 0 Å². The third kappa shape index (κ3) is 24.2. The van der Waals surface area contributed by atoms with Gasteiger partial charge in [-0.15, -0.1) is 0 Å². The summed E-state index contributed by atoms with van der Waals surface area (Å²) in [6.07, 6.45) is 21.9. The molecular weight excluding hydrogens is 423 g/mol. The fraction of sp³-hybridized carbons (Fsp3) is 1.00. The fourth-order valence-corrected chi connectivity index (χ4v) is 4.90. The van der Waals surface area contributed by atoms with Gasteiger partial charge in [0.05, 0.1) is 16.2 Å². The van der Waals surface area contributed by atoms with Crippen molar-refractivity contribution in [2.24, 2.45) is 0 Å². The van der Waals surface area contributed by atoms with Gasteiger partial charge < -0.3 is 9.66 Å². The first-order valence-corrected chi connectivity index (χ1v) is 14.0. The van der Waals surface area contributed by atoms with Crippen LogP contribution in [0.4, 0.5) is 0 Å². The van der Waals surface area contributed by atoms with Crippen molar-refractivity contribution in [3.63, 3.8) is 0 Å². The molecule has 0 aliphatic carbocycles. The maximum absolute atomic E-state index is 11.4. The minimum absolute atomic E-state index is 0. The largest absolute Gasteiger partial charge is 1.00 e. The number of aliphatic hydroxyl groups is 1. The minimum Gasteiger partial charge on any atom is -0.748 e. The quantitative estimate of drug-likeness (QED) is 0.146. The third-order valence-electron chi connectivity index (χ3n) is 5.94. The van der Waals surface area contributed by atoms with E-state index in [0.29, 0.717) is 12.8 Å². The third-order valence-corrected chi connectivity index (χ3v) is 7.22. The predicted molar refractivity (Wildman–Crippen MR) is 123 cm³/mol. The minimum atomic E-state index is -4.14. The van der Waals surface area contributed by atoms with E-state index < -0.39 is 15.4 Å². The second-order valence-corrected chi connectivity index (χ2v) is 10.6. The first-order chi connectivity index (χ1) is 13.9. The summed E-state index contributed by atoms with van der Waals surface area (Å²) in [6.45, 7) is 3.99. The Kier molecular flexibility index (Phi) is 26.6. The van der Waals surface area contributed by atoms with Gasteiger partial charge in [-0.25, -0.2) is 8.42 Å². The number of rotatable bonds is 22. The fourth-order valence-electron chi connectivity index (χ4n) is 3.99. The SMILES string of the molecule is CCCCCCC(CCCCCCCCCCCCCCCC(C)O)S(=O)(=O)[O-].[K+]. The molecule has 1 N–H and O–H groups in total. The molecule has 0 fully saturated rings. The van der Waals surface area contributed by atoms with Crippen molar-refractivity contribution in [2.75, 3.05) is 0 Å². The summed E-state index contributed by atoms with van der Waals surface area (Å²) in [5.41, 5.74) is 0. The standard InChI is InChI=1S/C24H50O4S.K/c1-3-4-5-18-21-24(29(26,27)28)22-19-16-14-12-10-8-6-7-9-11-13-15-17-20-23(2)25;/h23-25H,3-22H2,1-2H3,(H,26,27,28);/q;+1/p-1. The van der Waals surface area contributed by atoms with E-state index in [2.05, 4.69) is 6.92 Å². The van der Waals surface area contributed by atoms with Crippen LogP contribution >= 0.6 is 0 Å². The van der Waals surface area contributed by atoms with E-state index in [1.54, 1.807) is 0 Å². The van der Waals surface area contributed by atoms with E-state index in [1.807, 2.05) is 6.92 Å². The number of unbranched alkanes of at least 4 members (excludes halogenated alkanes) is 15. The van der Waals surface area contributed by atoms with Crippen molar-refractivity contribution in [1.82, 2.24) is 0 Å². The Morgan fingerprint density at radius 1 is 0.633 bits per heavy atom. The first kappa shape index (κ1) is 33.7. The van der Waals surface area contributed by atoms with Crippen LogP contribution in [0.3, 0.4) is 0 Å². The van der Waals surface area contributed by atoms with Crippen LogP contribution in [0.2, 0.25) is 0 Å². The van der Waals surface area contributed by atoms with Crippen LogP contribution in [-0.2, 0) is 10.1 Å². The Morgan fingerprint density at radius 2 is 0.933 bits per heavy atom. The van der Waals surface area contributed by atoms with Gasteiger partial charge in [0.25, 0.3) is 0 Å². The van der Waals surface area contributed by atoms with Crippen LogP contribution < -0.4 is 51.4 Å². The first-order valence-electron chi connectivity index (χ1n) is 12.5. The molecule has 2 atom stereocenters. The predicted octanol–water partition coefficient (Wildman–Crippen LogP) is 4.11. The molecule has 176 valence electrons. The van der Waals surface area contributed by atoms with E-state index in [0.717, 1.165) is 57.8 Å². The molecule has 4 nitrogen and oxygen atoms in total. The van der Waals surface area contributed by atoms with Gasteiger partial charge in [0.2, 0.25) is 0 Å². The number of aliphatic hydroxyl groups excluding tert-OH is 1. The molecule has 0 aromatic rings. The van der Waals surface area contributed by atoms with Gasteiger partial charge in [-0.2, -0.15) is 0 Å². The molecule has 0 rings (SSSR count). The summed E-state index contributed by atoms with van der Waals surface area (Å²) in [6, 6.07) is 0. The summed E-state index contributed by atoms with van der Waals surface area (Å²) in [5.74, 6) is 0. The van der Waals surface area contributed by atoms with Gasteiger partial charge in [0.1, 0.15) is 0 Å². The van der Waals surface area contributed by atoms with Gasteiger partial charge in [-0.1, -0.05) is 116 Å². The molecule has 0 heterocycles. The molecular formula is C24H49KO4S. The molecule has 2 unspecified atom stereocenters. The smallest absolute Gasteiger partial charge is 0.748 e. The second kappa shape index (κ2) is 23.7. The summed E-state index contributed by atoms with van der Waals surface area (Å²) in [4.78, 5) is 0. The Labute approximate surface area is 230 Å². The molecule has 0 aromatic heterocycles. The maximum atomic E-state index is 11.4. The van der Waals surface area contributed by atoms with Gasteiger partial charge in [0, 0.05) is 5.25 Å². The van der Waals surface area contributed by atoms with Crippen LogP contribution in [0.1, 0.15) is 142 Å². The molecule has 0 spiro atoms. The summed E-state index contributed by atoms with van der Waals surface area (Å²) >= 11 is 0. The van der Waals surface area contributed by atoms with Crippen molar-refractivity contribution in [2.45, 2.75) is 154 Å². The molecule has 0 aliphatic rings. The Bertz CT molecular complexity index is 440. The van der Waals surface area contributed by atoms with Crippen LogP contribution in [0.15, 0.2) is 0 Å². The summed E-state index contributed by atoms with van der Waals surface area (Å²) < 4.78 is 34.3. The number of hydrogen-bond donors (Lipinski definition) is 1. The Morgan fingerprint density at radius 3 is 1.23 bits per heavy atom. The van der Waals surface area contributed by atoms with Crippen LogP contribution in [0.25, 0.3) is 0 Å². The molecule has 0 radical (unpaired) electrons. The van der Waals surface area contributed by atoms with Crippen LogP contribution in [-0.4, -0.2) is 29.4 Å². The molecule has 0 bridgehead atoms. The van der Waals surface area contributed by atoms with E-state index in [4.69, 9.17) is 0 Å². The van der Waals surface area contributed by atoms with Crippen LogP contribution in [0, 0.1) is 0 Å². The maximum Gasteiger partial charge on any atom is 1.00 e. The van der Waals surface area contributed by atoms with Gasteiger partial charge in [-0.05, 0) is 26.2 Å². The average molecular weight is 473 g/mol. The van der Waals surface area contributed by atoms with E-state index in [1.165, 1.54) is 57.8 Å². The molecule has 0 saturated heterocycles. The molecule has 0 saturated carbocycles. The van der Waals surface area contributed by atoms with Gasteiger partial charge in [0.15, 0.2) is 0 Å². The van der Waals surface area contributed by atoms with Crippen molar-refractivity contribution >= 4 is 10.1 Å². The molecule has 0 amide bonds. The topological polar surface area (TPSA) is 77.4 Å². The van der Waals surface area contributed by atoms with E-state index >= 15 is 0 Å². The normalized spacial score (nSPS) is 13.7. The Balaban J connectivity index is 0. The van der Waals surface area contributed by atoms with Crippen molar-refractivity contribution in [1.29, 1.82) is 0 Å². The average Bonchev–Trinajstić information content (AvgIpc) is 2.65. The van der Waals surface area contributed by atoms with Gasteiger partial charge >= 0.3 is 51.4 Å². The molecule has 0 aliphatic heterocycles. The zero-order valence-electron chi connectivity index (χ0n) is 20.4. The molecule has 30 heavy (non-hydrogen) atoms. The molecule has 6 heteroatoms. The van der Waals surface area contributed by atoms with Crippen molar-refractivity contribution < 1.29 is 69.5 Å². The van der Waals surface area contributed by atoms with Crippen molar-refractivity contribution in [3.8, 4) is 0 Å². The zero-order chi connectivity index (χ0) is 21.8. The Hall–Kier alpha value is 1.51. The van der Waals surface area contributed by atoms with Gasteiger partial charge in [-0.3, -0.25) is 0 Å². The second-order valence-electron chi connectivity index (χ2n) is 8.99. The monoisotopic (exact) mass is 472 g/mol.